The van der Waals surface area contributed by atoms with Gasteiger partial charge in [0.15, 0.2) is 0 Å². The predicted molar refractivity (Wildman–Crippen MR) is 110 cm³/mol. The van der Waals surface area contributed by atoms with E-state index < -0.39 is 47.4 Å². The minimum Gasteiger partial charge on any atom is -0.480 e. The van der Waals surface area contributed by atoms with Crippen LogP contribution in [0, 0.1) is 17.8 Å². The van der Waals surface area contributed by atoms with E-state index in [1.54, 1.807) is 13.8 Å². The summed E-state index contributed by atoms with van der Waals surface area (Å²) in [6.07, 6.45) is 1.33. The van der Waals surface area contributed by atoms with Crippen LogP contribution >= 0.6 is 0 Å². The third kappa shape index (κ3) is 6.43. The number of hydrogen-bond acceptors (Lipinski definition) is 8. The number of carboxylic acids is 1. The molecule has 0 aromatic heterocycles. The van der Waals surface area contributed by atoms with Gasteiger partial charge in [-0.1, -0.05) is 20.3 Å². The molecule has 0 saturated carbocycles. The van der Waals surface area contributed by atoms with Crippen LogP contribution in [0.4, 0.5) is 0 Å². The van der Waals surface area contributed by atoms with Crippen molar-refractivity contribution >= 4 is 29.7 Å². The minimum absolute atomic E-state index is 0.153. The largest absolute Gasteiger partial charge is 0.480 e. The minimum atomic E-state index is -3.01. The number of carbonyl (C=O) groups excluding carboxylic acids is 4. The first-order valence-electron chi connectivity index (χ1n) is 10.5. The summed E-state index contributed by atoms with van der Waals surface area (Å²) < 4.78 is 9.29. The number of carboxylic acid groups (broad SMARTS) is 1. The molecule has 11 nitrogen and oxygen atoms in total. The first-order chi connectivity index (χ1) is 15.0. The summed E-state index contributed by atoms with van der Waals surface area (Å²) in [6, 6.07) is -2.06. The van der Waals surface area contributed by atoms with Crippen molar-refractivity contribution in [1.82, 2.24) is 10.2 Å². The fraction of sp³-hybridized carbons (Fsp3) is 0.667. The maximum absolute atomic E-state index is 13.0. The molecule has 0 aromatic carbocycles. The molecule has 3 atom stereocenters. The molecule has 1 rings (SSSR count). The van der Waals surface area contributed by atoms with Gasteiger partial charge in [-0.2, -0.15) is 0 Å². The van der Waals surface area contributed by atoms with Crippen LogP contribution in [0.1, 0.15) is 47.0 Å². The van der Waals surface area contributed by atoms with Gasteiger partial charge in [-0.3, -0.25) is 9.59 Å². The SMILES string of the molecule is CCOC(=O)C(O)(C#CC(=O)N[C@H](C(=O)N1CCC[C@H]1C(=O)O)[C@@H](C)CC)C(=O)OCC. The van der Waals surface area contributed by atoms with Crippen LogP contribution in [0.2, 0.25) is 0 Å². The van der Waals surface area contributed by atoms with Gasteiger partial charge in [-0.15, -0.1) is 0 Å². The van der Waals surface area contributed by atoms with Crippen molar-refractivity contribution in [3.8, 4) is 11.8 Å². The summed E-state index contributed by atoms with van der Waals surface area (Å²) in [4.78, 5) is 62.1. The molecule has 0 spiro atoms. The number of carbonyl (C=O) groups is 5. The van der Waals surface area contributed by atoms with E-state index in [2.05, 4.69) is 14.8 Å². The smallest absolute Gasteiger partial charge is 0.363 e. The average Bonchev–Trinajstić information content (AvgIpc) is 3.25. The van der Waals surface area contributed by atoms with E-state index in [1.165, 1.54) is 18.7 Å². The number of nitrogens with zero attached hydrogens (tertiary/aromatic N) is 1. The molecule has 0 aromatic rings. The number of esters is 2. The fourth-order valence-corrected chi connectivity index (χ4v) is 3.13. The monoisotopic (exact) mass is 454 g/mol. The van der Waals surface area contributed by atoms with E-state index in [0.29, 0.717) is 19.3 Å². The summed E-state index contributed by atoms with van der Waals surface area (Å²) >= 11 is 0. The van der Waals surface area contributed by atoms with Gasteiger partial charge in [0.2, 0.25) is 5.91 Å². The summed E-state index contributed by atoms with van der Waals surface area (Å²) in [5.41, 5.74) is -3.01. The fourth-order valence-electron chi connectivity index (χ4n) is 3.13. The lowest BCUT2D eigenvalue weighted by atomic mass is 9.97. The van der Waals surface area contributed by atoms with E-state index >= 15 is 0 Å². The number of likely N-dealkylation sites (tertiary alicyclic amines) is 1. The Kier molecular flexibility index (Phi) is 10.1. The topological polar surface area (TPSA) is 160 Å². The van der Waals surface area contributed by atoms with Gasteiger partial charge in [0.1, 0.15) is 12.1 Å². The highest BCUT2D eigenvalue weighted by molar-refractivity contribution is 6.09. The third-order valence-electron chi connectivity index (χ3n) is 5.09. The highest BCUT2D eigenvalue weighted by atomic mass is 16.6. The van der Waals surface area contributed by atoms with Crippen LogP contribution in [0.5, 0.6) is 0 Å². The number of rotatable bonds is 9. The lowest BCUT2D eigenvalue weighted by Crippen LogP contribution is -2.54. The predicted octanol–water partition coefficient (Wildman–Crippen LogP) is -0.546. The molecule has 0 radical (unpaired) electrons. The van der Waals surface area contributed by atoms with Crippen LogP contribution < -0.4 is 5.32 Å². The second-order valence-corrected chi connectivity index (χ2v) is 7.27. The maximum Gasteiger partial charge on any atom is 0.363 e. The van der Waals surface area contributed by atoms with Crippen LogP contribution in [0.25, 0.3) is 0 Å². The Bertz CT molecular complexity index is 781. The van der Waals surface area contributed by atoms with Crippen molar-refractivity contribution in [2.24, 2.45) is 5.92 Å². The second kappa shape index (κ2) is 12.0. The Hall–Kier alpha value is -3.13. The van der Waals surface area contributed by atoms with Crippen molar-refractivity contribution in [3.05, 3.63) is 0 Å². The number of aliphatic hydroxyl groups is 1. The summed E-state index contributed by atoms with van der Waals surface area (Å²) in [6.45, 7) is 6.34. The Morgan fingerprint density at radius 2 is 1.69 bits per heavy atom. The molecule has 1 aliphatic rings. The molecule has 32 heavy (non-hydrogen) atoms. The molecule has 2 amide bonds. The molecule has 3 N–H and O–H groups in total. The van der Waals surface area contributed by atoms with Crippen LogP contribution in [0.15, 0.2) is 0 Å². The van der Waals surface area contributed by atoms with Gasteiger partial charge in [-0.25, -0.2) is 14.4 Å². The van der Waals surface area contributed by atoms with Crippen LogP contribution in [-0.4, -0.2) is 82.3 Å². The quantitative estimate of drug-likeness (QED) is 0.236. The number of aliphatic carboxylic acids is 1. The molecule has 0 bridgehead atoms. The summed E-state index contributed by atoms with van der Waals surface area (Å²) in [5.74, 6) is -2.04. The zero-order valence-corrected chi connectivity index (χ0v) is 18.7. The lowest BCUT2D eigenvalue weighted by Gasteiger charge is -2.29. The van der Waals surface area contributed by atoms with E-state index in [-0.39, 0.29) is 25.7 Å². The van der Waals surface area contributed by atoms with Gasteiger partial charge in [0.25, 0.3) is 5.91 Å². The zero-order chi connectivity index (χ0) is 24.5. The molecule has 1 saturated heterocycles. The van der Waals surface area contributed by atoms with Gasteiger partial charge < -0.3 is 29.9 Å². The van der Waals surface area contributed by atoms with Gasteiger partial charge >= 0.3 is 23.5 Å². The van der Waals surface area contributed by atoms with Crippen molar-refractivity contribution < 1.29 is 43.7 Å². The molecule has 178 valence electrons. The van der Waals surface area contributed by atoms with Crippen molar-refractivity contribution in [1.29, 1.82) is 0 Å². The van der Waals surface area contributed by atoms with Crippen LogP contribution in [-0.2, 0) is 33.4 Å². The Morgan fingerprint density at radius 3 is 2.16 bits per heavy atom. The third-order valence-corrected chi connectivity index (χ3v) is 5.09. The molecule has 11 heteroatoms. The average molecular weight is 454 g/mol. The summed E-state index contributed by atoms with van der Waals surface area (Å²) in [5, 5.41) is 22.1. The molecular formula is C21H30N2O9. The molecule has 1 aliphatic heterocycles. The molecule has 0 unspecified atom stereocenters. The Labute approximate surface area is 186 Å². The zero-order valence-electron chi connectivity index (χ0n) is 18.7. The van der Waals surface area contributed by atoms with E-state index in [1.807, 2.05) is 11.8 Å². The Balaban J connectivity index is 3.12. The lowest BCUT2D eigenvalue weighted by molar-refractivity contribution is -0.176. The molecule has 0 aliphatic carbocycles. The molecular weight excluding hydrogens is 424 g/mol. The normalized spacial score (nSPS) is 17.4. The highest BCUT2D eigenvalue weighted by Crippen LogP contribution is 2.21. The second-order valence-electron chi connectivity index (χ2n) is 7.27. The van der Waals surface area contributed by atoms with Crippen molar-refractivity contribution in [3.63, 3.8) is 0 Å². The number of nitrogens with one attached hydrogen (secondary N) is 1. The highest BCUT2D eigenvalue weighted by Gasteiger charge is 2.46. The van der Waals surface area contributed by atoms with Gasteiger partial charge in [0.05, 0.1) is 13.2 Å². The van der Waals surface area contributed by atoms with Crippen molar-refractivity contribution in [2.75, 3.05) is 19.8 Å². The first-order valence-corrected chi connectivity index (χ1v) is 10.5. The van der Waals surface area contributed by atoms with E-state index in [0.717, 1.165) is 0 Å². The summed E-state index contributed by atoms with van der Waals surface area (Å²) in [7, 11) is 0. The van der Waals surface area contributed by atoms with E-state index in [4.69, 9.17) is 0 Å². The molecule has 1 fully saturated rings. The number of hydrogen-bond donors (Lipinski definition) is 3. The Morgan fingerprint density at radius 1 is 1.12 bits per heavy atom. The first kappa shape index (κ1) is 26.9. The van der Waals surface area contributed by atoms with E-state index in [9.17, 15) is 34.2 Å². The number of ether oxygens (including phenoxy) is 2. The maximum atomic E-state index is 13.0. The standard InChI is InChI=1S/C21H30N2O9/c1-5-13(4)16(17(25)23-12-8-9-14(23)18(26)27)22-15(24)10-11-21(30,19(28)31-6-2)20(29)32-7-3/h13-14,16,30H,5-9,12H2,1-4H3,(H,22,24)(H,26,27)/t13-,14-,16-/m0/s1. The van der Waals surface area contributed by atoms with Gasteiger partial charge in [-0.05, 0) is 44.4 Å². The van der Waals surface area contributed by atoms with Crippen molar-refractivity contribution in [2.45, 2.75) is 64.6 Å². The molecule has 1 heterocycles. The van der Waals surface area contributed by atoms with Gasteiger partial charge in [0, 0.05) is 6.54 Å². The van der Waals surface area contributed by atoms with Crippen LogP contribution in [0.3, 0.4) is 0 Å². The number of amides is 2.